The topological polar surface area (TPSA) is 88.6 Å². The lowest BCUT2D eigenvalue weighted by Gasteiger charge is -2.11. The van der Waals surface area contributed by atoms with Crippen LogP contribution >= 0.6 is 11.3 Å². The van der Waals surface area contributed by atoms with Crippen LogP contribution in [0, 0.1) is 0 Å². The van der Waals surface area contributed by atoms with Crippen molar-refractivity contribution in [2.45, 2.75) is 4.90 Å². The second kappa shape index (κ2) is 8.41. The first-order valence-electron chi connectivity index (χ1n) is 8.32. The van der Waals surface area contributed by atoms with Crippen LogP contribution in [0.25, 0.3) is 11.3 Å². The van der Waals surface area contributed by atoms with E-state index >= 15 is 0 Å². The van der Waals surface area contributed by atoms with Crippen LogP contribution in [0.1, 0.15) is 0 Å². The third-order valence-electron chi connectivity index (χ3n) is 3.79. The zero-order valence-electron chi connectivity index (χ0n) is 15.3. The summed E-state index contributed by atoms with van der Waals surface area (Å²) in [6.07, 6.45) is 0. The summed E-state index contributed by atoms with van der Waals surface area (Å²) < 4.78 is 33.0. The molecule has 1 N–H and O–H groups in total. The van der Waals surface area contributed by atoms with Crippen LogP contribution in [0.2, 0.25) is 0 Å². The van der Waals surface area contributed by atoms with Gasteiger partial charge >= 0.3 is 0 Å². The molecule has 1 amide bonds. The number of rotatable bonds is 7. The van der Waals surface area contributed by atoms with E-state index < -0.39 is 10.0 Å². The fraction of sp³-hybridized carbons (Fsp3) is 0.158. The van der Waals surface area contributed by atoms with Gasteiger partial charge in [0.15, 0.2) is 11.7 Å². The number of ether oxygens (including phenoxy) is 1. The van der Waals surface area contributed by atoms with Crippen molar-refractivity contribution in [3.05, 3.63) is 60.0 Å². The van der Waals surface area contributed by atoms with Crippen molar-refractivity contribution < 1.29 is 17.9 Å². The SMILES string of the molecule is CN(C)C(=O)COc1ccc(S(=O)(=O)Nc2nc(-c3ccccc3)cs2)cc1. The maximum atomic E-state index is 12.6. The van der Waals surface area contributed by atoms with Gasteiger partial charge in [-0.3, -0.25) is 9.52 Å². The van der Waals surface area contributed by atoms with Crippen LogP contribution in [0.3, 0.4) is 0 Å². The van der Waals surface area contributed by atoms with Gasteiger partial charge in [-0.2, -0.15) is 0 Å². The van der Waals surface area contributed by atoms with Gasteiger partial charge in [0.05, 0.1) is 10.6 Å². The van der Waals surface area contributed by atoms with E-state index in [9.17, 15) is 13.2 Å². The van der Waals surface area contributed by atoms with Gasteiger partial charge in [0.1, 0.15) is 5.75 Å². The smallest absolute Gasteiger partial charge is 0.263 e. The second-order valence-electron chi connectivity index (χ2n) is 6.06. The fourth-order valence-electron chi connectivity index (χ4n) is 2.23. The molecule has 0 unspecified atom stereocenters. The van der Waals surface area contributed by atoms with E-state index in [2.05, 4.69) is 9.71 Å². The predicted molar refractivity (Wildman–Crippen MR) is 109 cm³/mol. The fourth-order valence-corrected chi connectivity index (χ4v) is 4.20. The molecule has 0 aliphatic rings. The number of anilines is 1. The highest BCUT2D eigenvalue weighted by Crippen LogP contribution is 2.26. The summed E-state index contributed by atoms with van der Waals surface area (Å²) in [6, 6.07) is 15.4. The Balaban J connectivity index is 1.68. The third-order valence-corrected chi connectivity index (χ3v) is 6.03. The first-order chi connectivity index (χ1) is 13.3. The Bertz CT molecular complexity index is 1050. The van der Waals surface area contributed by atoms with Gasteiger partial charge in [-0.25, -0.2) is 13.4 Å². The summed E-state index contributed by atoms with van der Waals surface area (Å²) in [5.74, 6) is 0.228. The highest BCUT2D eigenvalue weighted by molar-refractivity contribution is 7.93. The average molecular weight is 418 g/mol. The maximum absolute atomic E-state index is 12.6. The summed E-state index contributed by atoms with van der Waals surface area (Å²) in [7, 11) is -0.509. The van der Waals surface area contributed by atoms with Crippen molar-refractivity contribution in [1.82, 2.24) is 9.88 Å². The zero-order chi connectivity index (χ0) is 20.1. The van der Waals surface area contributed by atoms with Crippen molar-refractivity contribution in [3.8, 4) is 17.0 Å². The van der Waals surface area contributed by atoms with Crippen molar-refractivity contribution >= 4 is 32.4 Å². The minimum absolute atomic E-state index is 0.0789. The lowest BCUT2D eigenvalue weighted by molar-refractivity contribution is -0.130. The van der Waals surface area contributed by atoms with Crippen LogP contribution in [0.15, 0.2) is 64.9 Å². The predicted octanol–water partition coefficient (Wildman–Crippen LogP) is 3.08. The van der Waals surface area contributed by atoms with Crippen LogP contribution in [-0.2, 0) is 14.8 Å². The van der Waals surface area contributed by atoms with E-state index in [0.717, 1.165) is 5.56 Å². The molecule has 0 bridgehead atoms. The van der Waals surface area contributed by atoms with Gasteiger partial charge < -0.3 is 9.64 Å². The molecule has 7 nitrogen and oxygen atoms in total. The number of hydrogen-bond donors (Lipinski definition) is 1. The Morgan fingerprint density at radius 3 is 2.43 bits per heavy atom. The monoisotopic (exact) mass is 417 g/mol. The zero-order valence-corrected chi connectivity index (χ0v) is 17.0. The van der Waals surface area contributed by atoms with Gasteiger partial charge in [0.2, 0.25) is 0 Å². The summed E-state index contributed by atoms with van der Waals surface area (Å²) in [5, 5.41) is 2.09. The molecule has 0 radical (unpaired) electrons. The number of thiazole rings is 1. The molecule has 0 atom stereocenters. The molecule has 2 aromatic carbocycles. The van der Waals surface area contributed by atoms with Crippen LogP contribution in [0.5, 0.6) is 5.75 Å². The lowest BCUT2D eigenvalue weighted by Crippen LogP contribution is -2.27. The molecule has 0 saturated heterocycles. The van der Waals surface area contributed by atoms with E-state index in [-0.39, 0.29) is 22.5 Å². The Hall–Kier alpha value is -2.91. The quantitative estimate of drug-likeness (QED) is 0.638. The minimum atomic E-state index is -3.78. The minimum Gasteiger partial charge on any atom is -0.484 e. The molecule has 0 spiro atoms. The molecular weight excluding hydrogens is 398 g/mol. The molecule has 3 aromatic rings. The number of carbonyl (C=O) groups excluding carboxylic acids is 1. The number of nitrogens with one attached hydrogen (secondary N) is 1. The number of carbonyl (C=O) groups is 1. The number of sulfonamides is 1. The molecule has 0 saturated carbocycles. The summed E-state index contributed by atoms with van der Waals surface area (Å²) in [5.41, 5.74) is 1.62. The Morgan fingerprint density at radius 2 is 1.79 bits per heavy atom. The molecule has 0 aliphatic carbocycles. The van der Waals surface area contributed by atoms with E-state index in [1.165, 1.54) is 40.5 Å². The average Bonchev–Trinajstić information content (AvgIpc) is 3.14. The van der Waals surface area contributed by atoms with Gasteiger partial charge in [0, 0.05) is 25.0 Å². The Morgan fingerprint density at radius 1 is 1.11 bits per heavy atom. The highest BCUT2D eigenvalue weighted by atomic mass is 32.2. The van der Waals surface area contributed by atoms with E-state index in [0.29, 0.717) is 11.4 Å². The Kier molecular flexibility index (Phi) is 5.96. The number of nitrogens with zero attached hydrogens (tertiary/aromatic N) is 2. The molecular formula is C19H19N3O4S2. The van der Waals surface area contributed by atoms with Gasteiger partial charge in [-0.15, -0.1) is 11.3 Å². The van der Waals surface area contributed by atoms with Crippen molar-refractivity contribution in [2.24, 2.45) is 0 Å². The second-order valence-corrected chi connectivity index (χ2v) is 8.60. The number of likely N-dealkylation sites (N-methyl/N-ethyl adjacent to an activating group) is 1. The van der Waals surface area contributed by atoms with Gasteiger partial charge in [-0.05, 0) is 24.3 Å². The van der Waals surface area contributed by atoms with Gasteiger partial charge in [0.25, 0.3) is 15.9 Å². The molecule has 0 fully saturated rings. The number of benzene rings is 2. The molecule has 146 valence electrons. The summed E-state index contributed by atoms with van der Waals surface area (Å²) in [6.45, 7) is -0.112. The van der Waals surface area contributed by atoms with E-state index in [4.69, 9.17) is 4.74 Å². The van der Waals surface area contributed by atoms with Crippen LogP contribution < -0.4 is 9.46 Å². The highest BCUT2D eigenvalue weighted by Gasteiger charge is 2.17. The van der Waals surface area contributed by atoms with Crippen LogP contribution in [-0.4, -0.2) is 44.9 Å². The number of aromatic nitrogens is 1. The van der Waals surface area contributed by atoms with Crippen LogP contribution in [0.4, 0.5) is 5.13 Å². The normalized spacial score (nSPS) is 11.1. The first-order valence-corrected chi connectivity index (χ1v) is 10.7. The molecule has 28 heavy (non-hydrogen) atoms. The standard InChI is InChI=1S/C19H19N3O4S2/c1-22(2)18(23)12-26-15-8-10-16(11-9-15)28(24,25)21-19-20-17(13-27-19)14-6-4-3-5-7-14/h3-11,13H,12H2,1-2H3,(H,20,21). The van der Waals surface area contributed by atoms with E-state index in [1.54, 1.807) is 19.5 Å². The summed E-state index contributed by atoms with van der Waals surface area (Å²) >= 11 is 1.21. The summed E-state index contributed by atoms with van der Waals surface area (Å²) in [4.78, 5) is 17.4. The first kappa shape index (κ1) is 19.8. The molecule has 1 aromatic heterocycles. The largest absolute Gasteiger partial charge is 0.484 e. The van der Waals surface area contributed by atoms with E-state index in [1.807, 2.05) is 30.3 Å². The molecule has 3 rings (SSSR count). The number of hydrogen-bond acceptors (Lipinski definition) is 6. The lowest BCUT2D eigenvalue weighted by atomic mass is 10.2. The molecule has 9 heteroatoms. The molecule has 1 heterocycles. The molecule has 0 aliphatic heterocycles. The third kappa shape index (κ3) is 4.87. The maximum Gasteiger partial charge on any atom is 0.263 e. The van der Waals surface area contributed by atoms with Crippen molar-refractivity contribution in [2.75, 3.05) is 25.4 Å². The Labute approximate surface area is 167 Å². The van der Waals surface area contributed by atoms with Crippen molar-refractivity contribution in [3.63, 3.8) is 0 Å². The van der Waals surface area contributed by atoms with Gasteiger partial charge in [-0.1, -0.05) is 30.3 Å². The number of amides is 1. The van der Waals surface area contributed by atoms with Crippen molar-refractivity contribution in [1.29, 1.82) is 0 Å².